The van der Waals surface area contributed by atoms with E-state index in [1.54, 1.807) is 18.4 Å². The third-order valence-electron chi connectivity index (χ3n) is 3.75. The molecule has 1 aromatic rings. The lowest BCUT2D eigenvalue weighted by molar-refractivity contribution is -0.118. The largest absolute Gasteiger partial charge is 0.392 e. The summed E-state index contributed by atoms with van der Waals surface area (Å²) in [5.41, 5.74) is 0.508. The van der Waals surface area contributed by atoms with Crippen LogP contribution in [-0.2, 0) is 4.79 Å². The van der Waals surface area contributed by atoms with Crippen molar-refractivity contribution >= 4 is 22.2 Å². The fourth-order valence-electron chi connectivity index (χ4n) is 2.69. The number of aliphatic hydroxyl groups excluding tert-OH is 1. The van der Waals surface area contributed by atoms with Crippen LogP contribution in [0.5, 0.6) is 0 Å². The van der Waals surface area contributed by atoms with Crippen LogP contribution < -0.4 is 5.32 Å². The minimum atomic E-state index is -0.333. The van der Waals surface area contributed by atoms with Crippen molar-refractivity contribution in [3.8, 4) is 6.07 Å². The first-order valence-corrected chi connectivity index (χ1v) is 8.29. The molecule has 0 aliphatic carbocycles. The molecule has 1 fully saturated rings. The van der Waals surface area contributed by atoms with Gasteiger partial charge in [0.25, 0.3) is 0 Å². The molecule has 1 aliphatic rings. The van der Waals surface area contributed by atoms with Crippen LogP contribution in [0.4, 0.5) is 5.00 Å². The van der Waals surface area contributed by atoms with Crippen LogP contribution in [-0.4, -0.2) is 65.7 Å². The zero-order valence-corrected chi connectivity index (χ0v) is 13.8. The standard InChI is InChI=1S/C15H22N4O2S/c1-11-8-18(4-5-19(11)9-12(2)20)10-14(21)17-15-13(7-16)3-6-22-15/h3,6,11-12,20H,4-5,8-10H2,1-2H3,(H,17,21)/t11-,12-/m0/s1. The van der Waals surface area contributed by atoms with Gasteiger partial charge in [-0.3, -0.25) is 14.6 Å². The third-order valence-corrected chi connectivity index (χ3v) is 4.58. The second kappa shape index (κ2) is 7.70. The fraction of sp³-hybridized carbons (Fsp3) is 0.600. The molecule has 0 unspecified atom stereocenters. The summed E-state index contributed by atoms with van der Waals surface area (Å²) in [5.74, 6) is -0.0878. The molecule has 120 valence electrons. The number of rotatable bonds is 5. The lowest BCUT2D eigenvalue weighted by Gasteiger charge is -2.40. The molecule has 0 bridgehead atoms. The predicted molar refractivity (Wildman–Crippen MR) is 86.8 cm³/mol. The highest BCUT2D eigenvalue weighted by atomic mass is 32.1. The average Bonchev–Trinajstić information content (AvgIpc) is 2.88. The summed E-state index contributed by atoms with van der Waals surface area (Å²) in [4.78, 5) is 16.5. The van der Waals surface area contributed by atoms with Gasteiger partial charge in [-0.2, -0.15) is 5.26 Å². The van der Waals surface area contributed by atoms with Crippen LogP contribution in [0.1, 0.15) is 19.4 Å². The average molecular weight is 322 g/mol. The van der Waals surface area contributed by atoms with Gasteiger partial charge in [-0.15, -0.1) is 11.3 Å². The van der Waals surface area contributed by atoms with Crippen LogP contribution in [0.2, 0.25) is 0 Å². The maximum absolute atomic E-state index is 12.1. The Hall–Kier alpha value is -1.46. The van der Waals surface area contributed by atoms with Crippen molar-refractivity contribution in [3.05, 3.63) is 17.0 Å². The summed E-state index contributed by atoms with van der Waals surface area (Å²) >= 11 is 1.36. The van der Waals surface area contributed by atoms with E-state index >= 15 is 0 Å². The Morgan fingerprint density at radius 1 is 1.64 bits per heavy atom. The number of thiophene rings is 1. The van der Waals surface area contributed by atoms with Crippen LogP contribution in [0.3, 0.4) is 0 Å². The number of amides is 1. The number of carbonyl (C=O) groups excluding carboxylic acids is 1. The smallest absolute Gasteiger partial charge is 0.239 e. The molecular weight excluding hydrogens is 300 g/mol. The Balaban J connectivity index is 1.82. The van der Waals surface area contributed by atoms with Gasteiger partial charge in [0, 0.05) is 32.2 Å². The van der Waals surface area contributed by atoms with Crippen LogP contribution in [0.15, 0.2) is 11.4 Å². The van der Waals surface area contributed by atoms with E-state index in [1.165, 1.54) is 11.3 Å². The summed E-state index contributed by atoms with van der Waals surface area (Å²) in [6.45, 7) is 7.36. The molecule has 2 atom stereocenters. The minimum absolute atomic E-state index is 0.0878. The van der Waals surface area contributed by atoms with Gasteiger partial charge in [0.2, 0.25) is 5.91 Å². The Bertz CT molecular complexity index is 552. The predicted octanol–water partition coefficient (Wildman–Crippen LogP) is 0.945. The molecule has 1 amide bonds. The van der Waals surface area contributed by atoms with Gasteiger partial charge in [-0.1, -0.05) is 0 Å². The van der Waals surface area contributed by atoms with Gasteiger partial charge in [0.1, 0.15) is 11.1 Å². The topological polar surface area (TPSA) is 79.6 Å². The first-order valence-electron chi connectivity index (χ1n) is 7.41. The molecule has 1 aliphatic heterocycles. The van der Waals surface area contributed by atoms with E-state index in [9.17, 15) is 9.90 Å². The van der Waals surface area contributed by atoms with Gasteiger partial charge in [0.05, 0.1) is 18.2 Å². The van der Waals surface area contributed by atoms with Crippen LogP contribution >= 0.6 is 11.3 Å². The number of nitriles is 1. The summed E-state index contributed by atoms with van der Waals surface area (Å²) in [6, 6.07) is 4.09. The first kappa shape index (κ1) is 16.9. The number of hydrogen-bond donors (Lipinski definition) is 2. The molecule has 0 aromatic carbocycles. The Labute approximate surface area is 134 Å². The number of aliphatic hydroxyl groups is 1. The zero-order chi connectivity index (χ0) is 16.1. The summed E-state index contributed by atoms with van der Waals surface area (Å²) in [7, 11) is 0. The van der Waals surface area contributed by atoms with Crippen molar-refractivity contribution in [1.82, 2.24) is 9.80 Å². The number of piperazine rings is 1. The summed E-state index contributed by atoms with van der Waals surface area (Å²) in [6.07, 6.45) is -0.333. The molecule has 2 rings (SSSR count). The Kier molecular flexibility index (Phi) is 5.91. The Morgan fingerprint density at radius 3 is 3.05 bits per heavy atom. The summed E-state index contributed by atoms with van der Waals surface area (Å²) < 4.78 is 0. The lowest BCUT2D eigenvalue weighted by atomic mass is 10.1. The fourth-order valence-corrected chi connectivity index (χ4v) is 3.44. The highest BCUT2D eigenvalue weighted by Crippen LogP contribution is 2.22. The summed E-state index contributed by atoms with van der Waals surface area (Å²) in [5, 5.41) is 23.7. The van der Waals surface area contributed by atoms with Gasteiger partial charge < -0.3 is 10.4 Å². The van der Waals surface area contributed by atoms with Crippen LogP contribution in [0, 0.1) is 11.3 Å². The second-order valence-corrected chi connectivity index (χ2v) is 6.67. The van der Waals surface area contributed by atoms with Crippen molar-refractivity contribution in [2.45, 2.75) is 26.0 Å². The van der Waals surface area contributed by atoms with Crippen molar-refractivity contribution in [2.24, 2.45) is 0 Å². The van der Waals surface area contributed by atoms with E-state index in [-0.39, 0.29) is 12.0 Å². The lowest BCUT2D eigenvalue weighted by Crippen LogP contribution is -2.54. The molecule has 2 heterocycles. The van der Waals surface area contributed by atoms with Crippen molar-refractivity contribution in [3.63, 3.8) is 0 Å². The molecule has 6 nitrogen and oxygen atoms in total. The minimum Gasteiger partial charge on any atom is -0.392 e. The molecule has 2 N–H and O–H groups in total. The normalized spacial score (nSPS) is 21.3. The van der Waals surface area contributed by atoms with E-state index < -0.39 is 0 Å². The van der Waals surface area contributed by atoms with Crippen molar-refractivity contribution in [2.75, 3.05) is 38.0 Å². The molecule has 0 saturated carbocycles. The van der Waals surface area contributed by atoms with E-state index in [0.717, 1.165) is 19.6 Å². The number of anilines is 1. The monoisotopic (exact) mass is 322 g/mol. The molecule has 0 radical (unpaired) electrons. The van der Waals surface area contributed by atoms with Crippen molar-refractivity contribution in [1.29, 1.82) is 5.26 Å². The highest BCUT2D eigenvalue weighted by molar-refractivity contribution is 7.14. The zero-order valence-electron chi connectivity index (χ0n) is 13.0. The maximum Gasteiger partial charge on any atom is 0.239 e. The molecule has 0 spiro atoms. The molecular formula is C15H22N4O2S. The third kappa shape index (κ3) is 4.52. The Morgan fingerprint density at radius 2 is 2.41 bits per heavy atom. The second-order valence-electron chi connectivity index (χ2n) is 5.75. The maximum atomic E-state index is 12.1. The number of carbonyl (C=O) groups is 1. The quantitative estimate of drug-likeness (QED) is 0.843. The van der Waals surface area contributed by atoms with E-state index in [1.807, 2.05) is 0 Å². The molecule has 7 heteroatoms. The molecule has 22 heavy (non-hydrogen) atoms. The molecule has 1 saturated heterocycles. The number of nitrogens with zero attached hydrogens (tertiary/aromatic N) is 3. The molecule has 1 aromatic heterocycles. The van der Waals surface area contributed by atoms with Gasteiger partial charge in [0.15, 0.2) is 0 Å². The van der Waals surface area contributed by atoms with Gasteiger partial charge in [-0.25, -0.2) is 0 Å². The van der Waals surface area contributed by atoms with E-state index in [0.29, 0.717) is 29.7 Å². The van der Waals surface area contributed by atoms with Gasteiger partial charge >= 0.3 is 0 Å². The first-order chi connectivity index (χ1) is 10.5. The highest BCUT2D eigenvalue weighted by Gasteiger charge is 2.25. The number of hydrogen-bond acceptors (Lipinski definition) is 6. The van der Waals surface area contributed by atoms with Gasteiger partial charge in [-0.05, 0) is 25.3 Å². The van der Waals surface area contributed by atoms with E-state index in [4.69, 9.17) is 5.26 Å². The SMILES string of the molecule is C[C@H](O)CN1CCN(CC(=O)Nc2sccc2C#N)C[C@@H]1C. The number of β-amino-alcohol motifs (C(OH)–C–C–N with tert-alkyl or cyclic N) is 1. The van der Waals surface area contributed by atoms with Crippen LogP contribution in [0.25, 0.3) is 0 Å². The van der Waals surface area contributed by atoms with E-state index in [2.05, 4.69) is 28.1 Å². The number of nitrogens with one attached hydrogen (secondary N) is 1. The van der Waals surface area contributed by atoms with Crippen molar-refractivity contribution < 1.29 is 9.90 Å².